The summed E-state index contributed by atoms with van der Waals surface area (Å²) in [5, 5.41) is 4.51. The summed E-state index contributed by atoms with van der Waals surface area (Å²) < 4.78 is 1.77. The van der Waals surface area contributed by atoms with Crippen LogP contribution in [0.15, 0.2) is 0 Å². The largest absolute Gasteiger partial charge is 0.351 e. The van der Waals surface area contributed by atoms with Gasteiger partial charge in [0.2, 0.25) is 0 Å². The second kappa shape index (κ2) is 3.97. The Hall–Kier alpha value is -2.05. The van der Waals surface area contributed by atoms with Crippen molar-refractivity contribution in [2.45, 2.75) is 32.5 Å². The Morgan fingerprint density at radius 1 is 1.42 bits per heavy atom. The van der Waals surface area contributed by atoms with Crippen LogP contribution in [0.5, 0.6) is 0 Å². The molecule has 0 saturated heterocycles. The van der Waals surface area contributed by atoms with E-state index in [2.05, 4.69) is 5.10 Å². The smallest absolute Gasteiger partial charge is 0.315 e. The number of carbonyl (C=O) groups is 2. The number of aromatic nitrogens is 2. The van der Waals surface area contributed by atoms with Crippen LogP contribution in [0.2, 0.25) is 0 Å². The Balaban J connectivity index is 2.06. The topological polar surface area (TPSA) is 84.5 Å². The monoisotopic (exact) mass is 263 g/mol. The molecule has 0 radical (unpaired) electrons. The van der Waals surface area contributed by atoms with Gasteiger partial charge in [-0.15, -0.1) is 0 Å². The number of carbonyl (C=O) groups excluding carboxylic acids is 2. The minimum atomic E-state index is -0.449. The van der Waals surface area contributed by atoms with Gasteiger partial charge in [-0.1, -0.05) is 0 Å². The Kier molecular flexibility index (Phi) is 2.51. The molecular weight excluding hydrogens is 246 g/mol. The van der Waals surface area contributed by atoms with Gasteiger partial charge in [-0.2, -0.15) is 5.10 Å². The molecule has 0 spiro atoms. The fourth-order valence-corrected chi connectivity index (χ4v) is 2.82. The third-order valence-electron chi connectivity index (χ3n) is 3.96. The lowest BCUT2D eigenvalue weighted by molar-refractivity contribution is 0.0739. The van der Waals surface area contributed by atoms with Crippen LogP contribution in [0.3, 0.4) is 0 Å². The van der Waals surface area contributed by atoms with Crippen LogP contribution in [0.4, 0.5) is 4.79 Å². The fraction of sp³-hybridized carbons (Fsp3) is 0.583. The first-order chi connectivity index (χ1) is 8.99. The summed E-state index contributed by atoms with van der Waals surface area (Å²) in [6.07, 6.45) is 0.648. The lowest BCUT2D eigenvalue weighted by atomic mass is 9.99. The van der Waals surface area contributed by atoms with E-state index in [-0.39, 0.29) is 11.9 Å². The number of rotatable bonds is 0. The highest BCUT2D eigenvalue weighted by Gasteiger charge is 2.35. The van der Waals surface area contributed by atoms with Crippen molar-refractivity contribution in [3.05, 3.63) is 17.0 Å². The predicted molar refractivity (Wildman–Crippen MR) is 67.5 cm³/mol. The number of primary amides is 1. The number of amides is 3. The van der Waals surface area contributed by atoms with Crippen molar-refractivity contribution in [1.82, 2.24) is 19.6 Å². The summed E-state index contributed by atoms with van der Waals surface area (Å²) >= 11 is 0. The third kappa shape index (κ3) is 1.68. The molecule has 19 heavy (non-hydrogen) atoms. The molecule has 1 aromatic rings. The van der Waals surface area contributed by atoms with E-state index in [0.717, 1.165) is 11.3 Å². The van der Waals surface area contributed by atoms with Crippen LogP contribution < -0.4 is 5.73 Å². The summed E-state index contributed by atoms with van der Waals surface area (Å²) in [6, 6.07) is -0.426. The number of hydrogen-bond donors (Lipinski definition) is 1. The van der Waals surface area contributed by atoms with Crippen molar-refractivity contribution < 1.29 is 9.59 Å². The zero-order valence-electron chi connectivity index (χ0n) is 11.1. The van der Waals surface area contributed by atoms with Crippen LogP contribution in [-0.2, 0) is 19.5 Å². The summed E-state index contributed by atoms with van der Waals surface area (Å²) in [6.45, 7) is 3.69. The van der Waals surface area contributed by atoms with E-state index >= 15 is 0 Å². The van der Waals surface area contributed by atoms with E-state index in [0.29, 0.717) is 31.7 Å². The van der Waals surface area contributed by atoms with Gasteiger partial charge in [-0.3, -0.25) is 9.48 Å². The SMILES string of the molecule is CC1Cc2nn3c(c2CN1C(N)=O)C(=O)N(C)CC3. The molecule has 2 aliphatic rings. The molecule has 0 aromatic carbocycles. The number of fused-ring (bicyclic) bond motifs is 3. The summed E-state index contributed by atoms with van der Waals surface area (Å²) in [5.74, 6) is -0.0287. The molecule has 0 bridgehead atoms. The van der Waals surface area contributed by atoms with Gasteiger partial charge < -0.3 is 15.5 Å². The molecule has 1 atom stereocenters. The molecule has 0 saturated carbocycles. The van der Waals surface area contributed by atoms with Crippen molar-refractivity contribution in [2.24, 2.45) is 5.73 Å². The van der Waals surface area contributed by atoms with Gasteiger partial charge in [0.25, 0.3) is 5.91 Å². The molecule has 1 aromatic heterocycles. The molecule has 1 unspecified atom stereocenters. The van der Waals surface area contributed by atoms with Crippen molar-refractivity contribution in [2.75, 3.05) is 13.6 Å². The summed E-state index contributed by atoms with van der Waals surface area (Å²) in [5.41, 5.74) is 7.77. The van der Waals surface area contributed by atoms with Crippen LogP contribution in [0, 0.1) is 0 Å². The van der Waals surface area contributed by atoms with Gasteiger partial charge in [0.15, 0.2) is 0 Å². The highest BCUT2D eigenvalue weighted by atomic mass is 16.2. The Morgan fingerprint density at radius 3 is 2.84 bits per heavy atom. The molecule has 7 heteroatoms. The van der Waals surface area contributed by atoms with Crippen LogP contribution in [0.1, 0.15) is 28.7 Å². The second-order valence-corrected chi connectivity index (χ2v) is 5.24. The van der Waals surface area contributed by atoms with Crippen LogP contribution in [0.25, 0.3) is 0 Å². The Bertz CT molecular complexity index is 565. The molecule has 3 rings (SSSR count). The van der Waals surface area contributed by atoms with Gasteiger partial charge in [-0.05, 0) is 6.92 Å². The normalized spacial score (nSPS) is 22.2. The van der Waals surface area contributed by atoms with E-state index in [1.807, 2.05) is 6.92 Å². The minimum absolute atomic E-state index is 0.0229. The average molecular weight is 263 g/mol. The predicted octanol–water partition coefficient (Wildman–Crippen LogP) is -0.206. The number of nitrogens with zero attached hydrogens (tertiary/aromatic N) is 4. The van der Waals surface area contributed by atoms with Crippen LogP contribution in [-0.4, -0.2) is 51.2 Å². The van der Waals surface area contributed by atoms with Gasteiger partial charge >= 0.3 is 6.03 Å². The first kappa shape index (κ1) is 12.0. The van der Waals surface area contributed by atoms with Gasteiger partial charge in [0.1, 0.15) is 5.69 Å². The van der Waals surface area contributed by atoms with Gasteiger partial charge in [-0.25, -0.2) is 4.79 Å². The van der Waals surface area contributed by atoms with Crippen molar-refractivity contribution in [1.29, 1.82) is 0 Å². The van der Waals surface area contributed by atoms with E-state index in [9.17, 15) is 9.59 Å². The lowest BCUT2D eigenvalue weighted by Gasteiger charge is -2.32. The minimum Gasteiger partial charge on any atom is -0.351 e. The summed E-state index contributed by atoms with van der Waals surface area (Å²) in [7, 11) is 1.78. The van der Waals surface area contributed by atoms with Crippen molar-refractivity contribution in [3.63, 3.8) is 0 Å². The van der Waals surface area contributed by atoms with E-state index in [1.54, 1.807) is 21.5 Å². The number of hydrogen-bond acceptors (Lipinski definition) is 3. The first-order valence-corrected chi connectivity index (χ1v) is 6.39. The Morgan fingerprint density at radius 2 is 2.16 bits per heavy atom. The van der Waals surface area contributed by atoms with Crippen LogP contribution >= 0.6 is 0 Å². The fourth-order valence-electron chi connectivity index (χ4n) is 2.82. The second-order valence-electron chi connectivity index (χ2n) is 5.24. The molecule has 7 nitrogen and oxygen atoms in total. The van der Waals surface area contributed by atoms with E-state index in [4.69, 9.17) is 5.73 Å². The average Bonchev–Trinajstić information content (AvgIpc) is 2.70. The zero-order chi connectivity index (χ0) is 13.7. The summed E-state index contributed by atoms with van der Waals surface area (Å²) in [4.78, 5) is 26.9. The highest BCUT2D eigenvalue weighted by Crippen LogP contribution is 2.27. The number of likely N-dealkylation sites (N-methyl/N-ethyl adjacent to an activating group) is 1. The third-order valence-corrected chi connectivity index (χ3v) is 3.96. The van der Waals surface area contributed by atoms with E-state index in [1.165, 1.54) is 0 Å². The molecule has 2 aliphatic heterocycles. The molecule has 0 fully saturated rings. The molecule has 0 aliphatic carbocycles. The molecular formula is C12H17N5O2. The van der Waals surface area contributed by atoms with E-state index < -0.39 is 6.03 Å². The maximum atomic E-state index is 12.2. The lowest BCUT2D eigenvalue weighted by Crippen LogP contribution is -2.46. The number of urea groups is 1. The standard InChI is InChI=1S/C12H17N5O2/c1-7-5-9-8(6-16(7)12(13)19)10-11(18)15(2)3-4-17(10)14-9/h7H,3-6H2,1-2H3,(H2,13,19). The zero-order valence-corrected chi connectivity index (χ0v) is 11.1. The molecule has 3 amide bonds. The Labute approximate surface area is 110 Å². The quantitative estimate of drug-likeness (QED) is 0.703. The maximum Gasteiger partial charge on any atom is 0.315 e. The molecule has 2 N–H and O–H groups in total. The maximum absolute atomic E-state index is 12.2. The van der Waals surface area contributed by atoms with Gasteiger partial charge in [0.05, 0.1) is 18.8 Å². The number of nitrogens with two attached hydrogens (primary N) is 1. The van der Waals surface area contributed by atoms with Gasteiger partial charge in [0, 0.05) is 31.6 Å². The highest BCUT2D eigenvalue weighted by molar-refractivity contribution is 5.95. The molecule has 102 valence electrons. The molecule has 3 heterocycles. The van der Waals surface area contributed by atoms with Crippen molar-refractivity contribution in [3.8, 4) is 0 Å². The first-order valence-electron chi connectivity index (χ1n) is 6.39. The van der Waals surface area contributed by atoms with Crippen molar-refractivity contribution >= 4 is 11.9 Å².